The lowest BCUT2D eigenvalue weighted by Gasteiger charge is -2.07. The lowest BCUT2D eigenvalue weighted by Crippen LogP contribution is -2.27. The molecule has 1 heterocycles. The number of hydrogen-bond acceptors (Lipinski definition) is 3. The molecule has 0 amide bonds. The van der Waals surface area contributed by atoms with Crippen LogP contribution in [-0.4, -0.2) is 33.2 Å². The highest BCUT2D eigenvalue weighted by Gasteiger charge is 2.27. The van der Waals surface area contributed by atoms with Crippen LogP contribution in [0.1, 0.15) is 12.1 Å². The number of nitrogens with one attached hydrogen (secondary N) is 3. The third-order valence-electron chi connectivity index (χ3n) is 2.09. The van der Waals surface area contributed by atoms with E-state index in [2.05, 4.69) is 10.3 Å². The zero-order valence-electron chi connectivity index (χ0n) is 9.63. The van der Waals surface area contributed by atoms with Gasteiger partial charge in [-0.2, -0.15) is 13.2 Å². The molecule has 3 N–H and O–H groups in total. The van der Waals surface area contributed by atoms with E-state index in [1.807, 2.05) is 4.72 Å². The summed E-state index contributed by atoms with van der Waals surface area (Å²) in [5.74, 6) is 0. The Labute approximate surface area is 103 Å². The van der Waals surface area contributed by atoms with Crippen molar-refractivity contribution in [2.75, 3.05) is 13.6 Å². The summed E-state index contributed by atoms with van der Waals surface area (Å²) in [6.45, 7) is -0.226. The molecule has 104 valence electrons. The number of H-pyrrole nitrogens is 1. The molecule has 0 aliphatic heterocycles. The molecule has 0 bridgehead atoms. The van der Waals surface area contributed by atoms with Gasteiger partial charge in [0.1, 0.15) is 0 Å². The molecule has 1 aromatic heterocycles. The lowest BCUT2D eigenvalue weighted by molar-refractivity contribution is -0.132. The third kappa shape index (κ3) is 4.67. The van der Waals surface area contributed by atoms with Gasteiger partial charge in [-0.05, 0) is 13.1 Å². The number of hydrogen-bond donors (Lipinski definition) is 3. The highest BCUT2D eigenvalue weighted by Crippen LogP contribution is 2.19. The fourth-order valence-electron chi connectivity index (χ4n) is 1.28. The fourth-order valence-corrected chi connectivity index (χ4v) is 2.33. The SMILES string of the molecule is CNCc1cc(S(=O)(=O)NCCC(F)(F)F)c[nH]1. The number of halogens is 3. The first-order valence-corrected chi connectivity index (χ1v) is 6.61. The molecule has 0 spiro atoms. The maximum absolute atomic E-state index is 11.9. The molecule has 0 radical (unpaired) electrons. The summed E-state index contributed by atoms with van der Waals surface area (Å²) >= 11 is 0. The van der Waals surface area contributed by atoms with Gasteiger partial charge in [0, 0.05) is 25.0 Å². The van der Waals surface area contributed by atoms with Gasteiger partial charge < -0.3 is 10.3 Å². The number of alkyl halides is 3. The second kappa shape index (κ2) is 5.72. The highest BCUT2D eigenvalue weighted by atomic mass is 32.2. The Morgan fingerprint density at radius 1 is 1.39 bits per heavy atom. The van der Waals surface area contributed by atoms with Crippen molar-refractivity contribution < 1.29 is 21.6 Å². The molecule has 0 aliphatic rings. The molecule has 0 saturated carbocycles. The Kier molecular flexibility index (Phi) is 4.77. The molecular formula is C9H14F3N3O2S. The first-order valence-electron chi connectivity index (χ1n) is 5.13. The van der Waals surface area contributed by atoms with Gasteiger partial charge in [0.2, 0.25) is 10.0 Å². The maximum atomic E-state index is 11.9. The van der Waals surface area contributed by atoms with Gasteiger partial charge in [0.25, 0.3) is 0 Å². The molecule has 1 rings (SSSR count). The summed E-state index contributed by atoms with van der Waals surface area (Å²) in [4.78, 5) is 2.64. The molecular weight excluding hydrogens is 271 g/mol. The quantitative estimate of drug-likeness (QED) is 0.729. The van der Waals surface area contributed by atoms with Crippen molar-refractivity contribution in [1.82, 2.24) is 15.0 Å². The maximum Gasteiger partial charge on any atom is 0.390 e. The van der Waals surface area contributed by atoms with Crippen LogP contribution in [0.3, 0.4) is 0 Å². The van der Waals surface area contributed by atoms with E-state index in [4.69, 9.17) is 0 Å². The second-order valence-electron chi connectivity index (χ2n) is 3.65. The van der Waals surface area contributed by atoms with Crippen molar-refractivity contribution in [2.24, 2.45) is 0 Å². The lowest BCUT2D eigenvalue weighted by atomic mass is 10.4. The molecule has 0 saturated heterocycles. The van der Waals surface area contributed by atoms with E-state index in [1.54, 1.807) is 7.05 Å². The second-order valence-corrected chi connectivity index (χ2v) is 5.42. The van der Waals surface area contributed by atoms with Gasteiger partial charge in [-0.1, -0.05) is 0 Å². The van der Waals surface area contributed by atoms with E-state index in [0.717, 1.165) is 0 Å². The predicted octanol–water partition coefficient (Wildman–Crippen LogP) is 0.965. The van der Waals surface area contributed by atoms with Crippen LogP contribution in [0.15, 0.2) is 17.2 Å². The summed E-state index contributed by atoms with van der Waals surface area (Å²) in [6.07, 6.45) is -4.33. The molecule has 0 aliphatic carbocycles. The van der Waals surface area contributed by atoms with Gasteiger partial charge in [0.05, 0.1) is 11.3 Å². The van der Waals surface area contributed by atoms with Gasteiger partial charge in [0.15, 0.2) is 0 Å². The van der Waals surface area contributed by atoms with E-state index in [0.29, 0.717) is 12.2 Å². The summed E-state index contributed by atoms with van der Waals surface area (Å²) in [5.41, 5.74) is 0.633. The van der Waals surface area contributed by atoms with Crippen LogP contribution < -0.4 is 10.0 Å². The monoisotopic (exact) mass is 285 g/mol. The van der Waals surface area contributed by atoms with Crippen molar-refractivity contribution in [3.63, 3.8) is 0 Å². The molecule has 9 heteroatoms. The van der Waals surface area contributed by atoms with Gasteiger partial charge in [-0.15, -0.1) is 0 Å². The molecule has 18 heavy (non-hydrogen) atoms. The Balaban J connectivity index is 2.62. The molecule has 5 nitrogen and oxygen atoms in total. The van der Waals surface area contributed by atoms with Crippen LogP contribution in [0.25, 0.3) is 0 Å². The van der Waals surface area contributed by atoms with Crippen LogP contribution in [0, 0.1) is 0 Å². The Bertz CT molecular complexity index is 481. The van der Waals surface area contributed by atoms with Crippen LogP contribution in [0.5, 0.6) is 0 Å². The van der Waals surface area contributed by atoms with E-state index in [9.17, 15) is 21.6 Å². The van der Waals surface area contributed by atoms with Crippen LogP contribution in [0.2, 0.25) is 0 Å². The summed E-state index contributed by atoms with van der Waals surface area (Å²) in [5, 5.41) is 2.82. The summed E-state index contributed by atoms with van der Waals surface area (Å²) in [6, 6.07) is 1.37. The standard InChI is InChI=1S/C9H14F3N3O2S/c1-13-5-7-4-8(6-14-7)18(16,17)15-3-2-9(10,11)12/h4,6,13-15H,2-3,5H2,1H3. The number of rotatable bonds is 6. The molecule has 0 atom stereocenters. The first kappa shape index (κ1) is 15.0. The molecule has 0 unspecified atom stereocenters. The first-order chi connectivity index (χ1) is 8.24. The van der Waals surface area contributed by atoms with Gasteiger partial charge >= 0.3 is 6.18 Å². The Morgan fingerprint density at radius 3 is 2.61 bits per heavy atom. The van der Waals surface area contributed by atoms with Gasteiger partial charge in [-0.3, -0.25) is 0 Å². The zero-order valence-corrected chi connectivity index (χ0v) is 10.5. The topological polar surface area (TPSA) is 74.0 Å². The van der Waals surface area contributed by atoms with Crippen molar-refractivity contribution in [2.45, 2.75) is 24.0 Å². The Morgan fingerprint density at radius 2 is 2.06 bits per heavy atom. The fraction of sp³-hybridized carbons (Fsp3) is 0.556. The minimum atomic E-state index is -4.38. The van der Waals surface area contributed by atoms with E-state index in [1.165, 1.54) is 12.3 Å². The van der Waals surface area contributed by atoms with Crippen molar-refractivity contribution in [1.29, 1.82) is 0 Å². The van der Waals surface area contributed by atoms with Crippen LogP contribution in [-0.2, 0) is 16.6 Å². The van der Waals surface area contributed by atoms with E-state index >= 15 is 0 Å². The minimum Gasteiger partial charge on any atom is -0.363 e. The Hall–Kier alpha value is -1.06. The molecule has 0 aromatic carbocycles. The number of aromatic nitrogens is 1. The highest BCUT2D eigenvalue weighted by molar-refractivity contribution is 7.89. The molecule has 1 aromatic rings. The number of sulfonamides is 1. The van der Waals surface area contributed by atoms with Crippen molar-refractivity contribution >= 4 is 10.0 Å². The molecule has 0 fully saturated rings. The summed E-state index contributed by atoms with van der Waals surface area (Å²) in [7, 11) is -2.20. The summed E-state index contributed by atoms with van der Waals surface area (Å²) < 4.78 is 60.8. The normalized spacial score (nSPS) is 12.9. The van der Waals surface area contributed by atoms with E-state index < -0.39 is 29.2 Å². The average Bonchev–Trinajstić information content (AvgIpc) is 2.65. The largest absolute Gasteiger partial charge is 0.390 e. The van der Waals surface area contributed by atoms with Crippen molar-refractivity contribution in [3.8, 4) is 0 Å². The minimum absolute atomic E-state index is 0.0741. The third-order valence-corrected chi connectivity index (χ3v) is 3.53. The van der Waals surface area contributed by atoms with Crippen LogP contribution in [0.4, 0.5) is 13.2 Å². The number of aromatic amines is 1. The van der Waals surface area contributed by atoms with Gasteiger partial charge in [-0.25, -0.2) is 13.1 Å². The predicted molar refractivity (Wildman–Crippen MR) is 59.4 cm³/mol. The average molecular weight is 285 g/mol. The van der Waals surface area contributed by atoms with Crippen LogP contribution >= 0.6 is 0 Å². The zero-order chi connectivity index (χ0) is 13.8. The smallest absolute Gasteiger partial charge is 0.363 e. The van der Waals surface area contributed by atoms with Crippen molar-refractivity contribution in [3.05, 3.63) is 18.0 Å². The van der Waals surface area contributed by atoms with E-state index in [-0.39, 0.29) is 4.90 Å².